The van der Waals surface area contributed by atoms with Gasteiger partial charge in [0.25, 0.3) is 0 Å². The van der Waals surface area contributed by atoms with Crippen molar-refractivity contribution in [2.45, 2.75) is 51.4 Å². The largest absolute Gasteiger partial charge is 0.507 e. The van der Waals surface area contributed by atoms with E-state index in [0.29, 0.717) is 17.6 Å². The van der Waals surface area contributed by atoms with E-state index in [1.54, 1.807) is 0 Å². The first-order chi connectivity index (χ1) is 8.18. The summed E-state index contributed by atoms with van der Waals surface area (Å²) in [4.78, 5) is 0. The van der Waals surface area contributed by atoms with Gasteiger partial charge in [0.15, 0.2) is 0 Å². The van der Waals surface area contributed by atoms with Gasteiger partial charge in [0.1, 0.15) is 5.75 Å². The van der Waals surface area contributed by atoms with Gasteiger partial charge >= 0.3 is 0 Å². The molecule has 1 nitrogen and oxygen atoms in total. The fourth-order valence-electron chi connectivity index (χ4n) is 3.02. The van der Waals surface area contributed by atoms with Crippen LogP contribution in [-0.4, -0.2) is 5.11 Å². The van der Waals surface area contributed by atoms with Gasteiger partial charge in [-0.2, -0.15) is 0 Å². The lowest BCUT2D eigenvalue weighted by Gasteiger charge is -2.18. The van der Waals surface area contributed by atoms with Crippen molar-refractivity contribution in [3.63, 3.8) is 0 Å². The topological polar surface area (TPSA) is 20.2 Å². The van der Waals surface area contributed by atoms with Gasteiger partial charge in [0.2, 0.25) is 0 Å². The molecule has 2 saturated carbocycles. The minimum atomic E-state index is 0.529. The average Bonchev–Trinajstić information content (AvgIpc) is 3.20. The Morgan fingerprint density at radius 3 is 1.71 bits per heavy atom. The predicted octanol–water partition coefficient (Wildman–Crippen LogP) is 4.42. The summed E-state index contributed by atoms with van der Waals surface area (Å²) in [6.07, 6.45) is 5.35. The van der Waals surface area contributed by atoms with E-state index in [2.05, 4.69) is 32.0 Å². The quantitative estimate of drug-likeness (QED) is 0.811. The van der Waals surface area contributed by atoms with E-state index in [4.69, 9.17) is 0 Å². The van der Waals surface area contributed by atoms with Gasteiger partial charge in [0.05, 0.1) is 0 Å². The zero-order chi connectivity index (χ0) is 12.0. The summed E-state index contributed by atoms with van der Waals surface area (Å²) in [5.74, 6) is 3.27. The van der Waals surface area contributed by atoms with E-state index in [9.17, 15) is 5.11 Å². The van der Waals surface area contributed by atoms with Crippen molar-refractivity contribution in [2.75, 3.05) is 0 Å². The summed E-state index contributed by atoms with van der Waals surface area (Å²) in [6, 6.07) is 6.35. The molecule has 0 bridgehead atoms. The molecule has 2 atom stereocenters. The lowest BCUT2D eigenvalue weighted by molar-refractivity contribution is 0.443. The van der Waals surface area contributed by atoms with Gasteiger partial charge in [-0.15, -0.1) is 0 Å². The molecule has 17 heavy (non-hydrogen) atoms. The Morgan fingerprint density at radius 1 is 0.941 bits per heavy atom. The lowest BCUT2D eigenvalue weighted by Crippen LogP contribution is -2.02. The van der Waals surface area contributed by atoms with Crippen molar-refractivity contribution in [3.05, 3.63) is 29.3 Å². The fraction of sp³-hybridized carbons (Fsp3) is 0.625. The molecule has 1 N–H and O–H groups in total. The Hall–Kier alpha value is -0.980. The predicted molar refractivity (Wildman–Crippen MR) is 70.4 cm³/mol. The Balaban J connectivity index is 1.91. The molecule has 0 amide bonds. The molecule has 92 valence electrons. The van der Waals surface area contributed by atoms with Gasteiger partial charge in [-0.3, -0.25) is 0 Å². The standard InChI is InChI=1S/C16H22O/c1-10(12-6-7-12)14-4-3-5-15(16(14)17)11(2)13-8-9-13/h3-5,10-13,17H,6-9H2,1-2H3/t10-,11?/m0/s1. The summed E-state index contributed by atoms with van der Waals surface area (Å²) in [6.45, 7) is 4.52. The van der Waals surface area contributed by atoms with Crippen molar-refractivity contribution in [1.82, 2.24) is 0 Å². The number of hydrogen-bond acceptors (Lipinski definition) is 1. The highest BCUT2D eigenvalue weighted by atomic mass is 16.3. The third-order valence-electron chi connectivity index (χ3n) is 4.74. The molecule has 0 radical (unpaired) electrons. The highest BCUT2D eigenvalue weighted by Crippen LogP contribution is 2.49. The van der Waals surface area contributed by atoms with Crippen LogP contribution in [0.5, 0.6) is 5.75 Å². The normalized spacial score (nSPS) is 23.4. The first-order valence-corrected chi connectivity index (χ1v) is 7.00. The van der Waals surface area contributed by atoms with Gasteiger partial charge in [-0.1, -0.05) is 32.0 Å². The SMILES string of the molecule is CC(c1cccc([C@@H](C)C2CC2)c1O)C1CC1. The lowest BCUT2D eigenvalue weighted by atomic mass is 9.88. The van der Waals surface area contributed by atoms with Crippen molar-refractivity contribution >= 4 is 0 Å². The maximum absolute atomic E-state index is 10.5. The van der Waals surface area contributed by atoms with Crippen LogP contribution in [0, 0.1) is 11.8 Å². The van der Waals surface area contributed by atoms with Gasteiger partial charge in [-0.25, -0.2) is 0 Å². The van der Waals surface area contributed by atoms with Crippen LogP contribution in [0.4, 0.5) is 0 Å². The number of phenolic OH excluding ortho intramolecular Hbond substituents is 1. The summed E-state index contributed by atoms with van der Waals surface area (Å²) < 4.78 is 0. The molecule has 0 heterocycles. The Morgan fingerprint density at radius 2 is 1.35 bits per heavy atom. The fourth-order valence-corrected chi connectivity index (χ4v) is 3.02. The minimum absolute atomic E-state index is 0.529. The van der Waals surface area contributed by atoms with Crippen molar-refractivity contribution in [2.24, 2.45) is 11.8 Å². The molecule has 1 aromatic carbocycles. The molecule has 0 spiro atoms. The Bertz CT molecular complexity index is 379. The molecule has 2 aliphatic rings. The van der Waals surface area contributed by atoms with Gasteiger partial charge < -0.3 is 5.11 Å². The molecule has 0 aliphatic heterocycles. The molecular weight excluding hydrogens is 208 g/mol. The first-order valence-electron chi connectivity index (χ1n) is 7.00. The molecule has 0 saturated heterocycles. The van der Waals surface area contributed by atoms with Crippen LogP contribution < -0.4 is 0 Å². The van der Waals surface area contributed by atoms with E-state index >= 15 is 0 Å². The van der Waals surface area contributed by atoms with Crippen LogP contribution in [0.3, 0.4) is 0 Å². The van der Waals surface area contributed by atoms with Crippen LogP contribution in [0.25, 0.3) is 0 Å². The molecule has 2 aliphatic carbocycles. The van der Waals surface area contributed by atoms with Crippen LogP contribution in [0.2, 0.25) is 0 Å². The number of phenols is 1. The monoisotopic (exact) mass is 230 g/mol. The number of hydrogen-bond donors (Lipinski definition) is 1. The molecule has 1 unspecified atom stereocenters. The van der Waals surface area contributed by atoms with E-state index in [-0.39, 0.29) is 0 Å². The number of aromatic hydroxyl groups is 1. The third kappa shape index (κ3) is 2.08. The molecule has 2 fully saturated rings. The summed E-state index contributed by atoms with van der Waals surface area (Å²) >= 11 is 0. The maximum atomic E-state index is 10.5. The van der Waals surface area contributed by atoms with Gasteiger partial charge in [0, 0.05) is 0 Å². The zero-order valence-electron chi connectivity index (χ0n) is 10.8. The second kappa shape index (κ2) is 4.04. The maximum Gasteiger partial charge on any atom is 0.122 e. The molecule has 3 rings (SSSR count). The summed E-state index contributed by atoms with van der Waals surface area (Å²) in [5, 5.41) is 10.5. The van der Waals surface area contributed by atoms with E-state index < -0.39 is 0 Å². The Kier molecular flexibility index (Phi) is 2.65. The average molecular weight is 230 g/mol. The van der Waals surface area contributed by atoms with Crippen LogP contribution in [-0.2, 0) is 0 Å². The van der Waals surface area contributed by atoms with Crippen LogP contribution in [0.1, 0.15) is 62.5 Å². The smallest absolute Gasteiger partial charge is 0.122 e. The second-order valence-corrected chi connectivity index (χ2v) is 6.04. The van der Waals surface area contributed by atoms with E-state index in [1.807, 2.05) is 0 Å². The summed E-state index contributed by atoms with van der Waals surface area (Å²) in [5.41, 5.74) is 2.36. The van der Waals surface area contributed by atoms with Crippen molar-refractivity contribution in [1.29, 1.82) is 0 Å². The van der Waals surface area contributed by atoms with E-state index in [1.165, 1.54) is 36.8 Å². The highest BCUT2D eigenvalue weighted by molar-refractivity contribution is 5.45. The minimum Gasteiger partial charge on any atom is -0.507 e. The zero-order valence-corrected chi connectivity index (χ0v) is 10.8. The van der Waals surface area contributed by atoms with Crippen LogP contribution in [0.15, 0.2) is 18.2 Å². The highest BCUT2D eigenvalue weighted by Gasteiger charge is 2.33. The molecule has 1 aromatic rings. The molecule has 0 aromatic heterocycles. The summed E-state index contributed by atoms with van der Waals surface area (Å²) in [7, 11) is 0. The number of benzene rings is 1. The molecule has 1 heteroatoms. The number of para-hydroxylation sites is 1. The second-order valence-electron chi connectivity index (χ2n) is 6.04. The van der Waals surface area contributed by atoms with Gasteiger partial charge in [-0.05, 0) is 60.5 Å². The van der Waals surface area contributed by atoms with Crippen LogP contribution >= 0.6 is 0 Å². The first kappa shape index (κ1) is 11.1. The number of rotatable bonds is 4. The van der Waals surface area contributed by atoms with Crippen molar-refractivity contribution in [3.8, 4) is 5.75 Å². The Labute approximate surface area is 104 Å². The third-order valence-corrected chi connectivity index (χ3v) is 4.74. The van der Waals surface area contributed by atoms with Crippen molar-refractivity contribution < 1.29 is 5.11 Å². The molecular formula is C16H22O. The van der Waals surface area contributed by atoms with E-state index in [0.717, 1.165) is 11.8 Å².